The van der Waals surface area contributed by atoms with Crippen molar-refractivity contribution in [1.29, 1.82) is 0 Å². The lowest BCUT2D eigenvalue weighted by atomic mass is 10.0. The largest absolute Gasteiger partial charge is 0.344 e. The van der Waals surface area contributed by atoms with Crippen molar-refractivity contribution in [3.05, 3.63) is 36.7 Å². The Labute approximate surface area is 111 Å². The third-order valence-electron chi connectivity index (χ3n) is 3.47. The summed E-state index contributed by atoms with van der Waals surface area (Å²) < 4.78 is 1.82. The van der Waals surface area contributed by atoms with Gasteiger partial charge in [-0.1, -0.05) is 12.2 Å². The van der Waals surface area contributed by atoms with Gasteiger partial charge in [-0.15, -0.1) is 6.58 Å². The molecule has 19 heavy (non-hydrogen) atoms. The van der Waals surface area contributed by atoms with Crippen molar-refractivity contribution in [3.63, 3.8) is 0 Å². The lowest BCUT2D eigenvalue weighted by molar-refractivity contribution is -0.105. The minimum absolute atomic E-state index is 0.0726. The average molecular weight is 260 g/mol. The summed E-state index contributed by atoms with van der Waals surface area (Å²) in [7, 11) is 1.90. The number of nitrogens with zero attached hydrogens (tertiary/aromatic N) is 4. The van der Waals surface area contributed by atoms with E-state index in [1.165, 1.54) is 5.06 Å². The molecule has 0 spiro atoms. The fourth-order valence-electron chi connectivity index (χ4n) is 2.57. The van der Waals surface area contributed by atoms with Crippen LogP contribution >= 0.6 is 0 Å². The Hall–Kier alpha value is -2.08. The number of hydrogen-bond donors (Lipinski definition) is 0. The Morgan fingerprint density at radius 3 is 3.16 bits per heavy atom. The highest BCUT2D eigenvalue weighted by Crippen LogP contribution is 2.32. The van der Waals surface area contributed by atoms with Gasteiger partial charge in [-0.2, -0.15) is 10.2 Å². The third-order valence-corrected chi connectivity index (χ3v) is 3.47. The Kier molecular flexibility index (Phi) is 2.87. The van der Waals surface area contributed by atoms with Crippen LogP contribution in [0.2, 0.25) is 0 Å². The van der Waals surface area contributed by atoms with E-state index in [1.54, 1.807) is 17.2 Å². The van der Waals surface area contributed by atoms with Crippen molar-refractivity contribution in [3.8, 4) is 0 Å². The first-order valence-corrected chi connectivity index (χ1v) is 6.22. The van der Waals surface area contributed by atoms with E-state index in [0.29, 0.717) is 19.7 Å². The first-order chi connectivity index (χ1) is 9.22. The average Bonchev–Trinajstić information content (AvgIpc) is 2.93. The summed E-state index contributed by atoms with van der Waals surface area (Å²) in [5, 5.41) is 5.63. The van der Waals surface area contributed by atoms with E-state index >= 15 is 0 Å². The molecule has 100 valence electrons. The Balaban J connectivity index is 1.91. The third kappa shape index (κ3) is 1.84. The second kappa shape index (κ2) is 4.55. The fraction of sp³-hybridized carbons (Fsp3) is 0.385. The van der Waals surface area contributed by atoms with Gasteiger partial charge in [0.25, 0.3) is 0 Å². The quantitative estimate of drug-likeness (QED) is 0.760. The van der Waals surface area contributed by atoms with Gasteiger partial charge in [0.2, 0.25) is 0 Å². The summed E-state index contributed by atoms with van der Waals surface area (Å²) in [4.78, 5) is 19.4. The predicted octanol–water partition coefficient (Wildman–Crippen LogP) is 1.04. The van der Waals surface area contributed by atoms with Crippen LogP contribution in [0.3, 0.4) is 0 Å². The number of hydrogen-bond acceptors (Lipinski definition) is 3. The second-order valence-electron chi connectivity index (χ2n) is 4.61. The van der Waals surface area contributed by atoms with E-state index in [4.69, 9.17) is 4.84 Å². The maximum absolute atomic E-state index is 12.1. The molecule has 2 aliphatic heterocycles. The Bertz CT molecular complexity index is 549. The van der Waals surface area contributed by atoms with Crippen molar-refractivity contribution in [2.24, 2.45) is 7.05 Å². The molecule has 0 aromatic carbocycles. The summed E-state index contributed by atoms with van der Waals surface area (Å²) in [6.45, 7) is 5.21. The molecule has 1 atom stereocenters. The van der Waals surface area contributed by atoms with E-state index < -0.39 is 0 Å². The van der Waals surface area contributed by atoms with Crippen LogP contribution in [0.1, 0.15) is 5.69 Å². The van der Waals surface area contributed by atoms with Crippen molar-refractivity contribution in [2.45, 2.75) is 6.04 Å². The highest BCUT2D eigenvalue weighted by atomic mass is 16.7. The summed E-state index contributed by atoms with van der Waals surface area (Å²) >= 11 is 0. The second-order valence-corrected chi connectivity index (χ2v) is 4.61. The summed E-state index contributed by atoms with van der Waals surface area (Å²) in [6, 6.07) is 1.80. The standard InChI is InChI=1S/C13H16N4O2/c1-3-8-19-17-12-9-16(13(17)18)7-5-10(12)11-4-6-14-15(11)2/h3-6,12H,1,7-9H2,2H3. The first-order valence-electron chi connectivity index (χ1n) is 6.22. The zero-order chi connectivity index (χ0) is 13.4. The molecule has 0 radical (unpaired) electrons. The molecule has 3 rings (SSSR count). The van der Waals surface area contributed by atoms with Gasteiger partial charge in [0.1, 0.15) is 6.04 Å². The van der Waals surface area contributed by atoms with E-state index in [1.807, 2.05) is 17.8 Å². The van der Waals surface area contributed by atoms with Gasteiger partial charge in [0.05, 0.1) is 18.8 Å². The van der Waals surface area contributed by atoms with Crippen LogP contribution in [0.25, 0.3) is 5.57 Å². The Morgan fingerprint density at radius 2 is 2.47 bits per heavy atom. The monoisotopic (exact) mass is 260 g/mol. The number of aryl methyl sites for hydroxylation is 1. The molecule has 6 heteroatoms. The van der Waals surface area contributed by atoms with E-state index in [2.05, 4.69) is 17.8 Å². The molecule has 1 unspecified atom stereocenters. The first kappa shape index (κ1) is 12.0. The van der Waals surface area contributed by atoms with Crippen LogP contribution in [-0.2, 0) is 11.9 Å². The predicted molar refractivity (Wildman–Crippen MR) is 69.9 cm³/mol. The number of fused-ring (bicyclic) bond motifs is 2. The molecular formula is C13H16N4O2. The van der Waals surface area contributed by atoms with Gasteiger partial charge in [0, 0.05) is 25.4 Å². The van der Waals surface area contributed by atoms with Crippen LogP contribution in [0.15, 0.2) is 31.0 Å². The molecular weight excluding hydrogens is 244 g/mol. The van der Waals surface area contributed by atoms with Crippen molar-refractivity contribution < 1.29 is 9.63 Å². The van der Waals surface area contributed by atoms with Gasteiger partial charge in [-0.3, -0.25) is 9.52 Å². The summed E-state index contributed by atoms with van der Waals surface area (Å²) in [5.41, 5.74) is 2.11. The molecule has 1 fully saturated rings. The number of urea groups is 1. The van der Waals surface area contributed by atoms with Crippen LogP contribution in [-0.4, -0.2) is 51.5 Å². The minimum Gasteiger partial charge on any atom is -0.317 e. The van der Waals surface area contributed by atoms with Crippen LogP contribution < -0.4 is 0 Å². The van der Waals surface area contributed by atoms with E-state index in [9.17, 15) is 4.79 Å². The topological polar surface area (TPSA) is 50.6 Å². The maximum Gasteiger partial charge on any atom is 0.344 e. The zero-order valence-electron chi connectivity index (χ0n) is 10.8. The highest BCUT2D eigenvalue weighted by molar-refractivity contribution is 5.84. The summed E-state index contributed by atoms with van der Waals surface area (Å²) in [5.74, 6) is 0. The van der Waals surface area contributed by atoms with Gasteiger partial charge in [0.15, 0.2) is 0 Å². The van der Waals surface area contributed by atoms with Crippen molar-refractivity contribution in [2.75, 3.05) is 19.7 Å². The molecule has 0 aliphatic carbocycles. The smallest absolute Gasteiger partial charge is 0.317 e. The zero-order valence-corrected chi connectivity index (χ0v) is 10.8. The van der Waals surface area contributed by atoms with Crippen LogP contribution in [0, 0.1) is 0 Å². The molecule has 6 nitrogen and oxygen atoms in total. The number of carbonyl (C=O) groups is 1. The SMILES string of the molecule is C=CCON1C(=O)N2CC=C(c3ccnn3C)C1C2. The van der Waals surface area contributed by atoms with Crippen molar-refractivity contribution >= 4 is 11.6 Å². The minimum atomic E-state index is -0.0831. The highest BCUT2D eigenvalue weighted by Gasteiger charge is 2.43. The number of amides is 2. The number of hydroxylamine groups is 2. The van der Waals surface area contributed by atoms with Gasteiger partial charge in [-0.25, -0.2) is 4.79 Å². The maximum atomic E-state index is 12.1. The lowest BCUT2D eigenvalue weighted by Gasteiger charge is -2.24. The molecule has 2 amide bonds. The molecule has 2 aliphatic rings. The van der Waals surface area contributed by atoms with Crippen LogP contribution in [0.5, 0.6) is 0 Å². The molecule has 0 saturated carbocycles. The van der Waals surface area contributed by atoms with Gasteiger partial charge < -0.3 is 4.90 Å². The molecule has 1 saturated heterocycles. The van der Waals surface area contributed by atoms with Gasteiger partial charge in [-0.05, 0) is 6.07 Å². The molecule has 0 N–H and O–H groups in total. The van der Waals surface area contributed by atoms with Crippen LogP contribution in [0.4, 0.5) is 4.79 Å². The number of aromatic nitrogens is 2. The molecule has 3 heterocycles. The number of carbonyl (C=O) groups excluding carboxylic acids is 1. The molecule has 1 aromatic rings. The molecule has 1 aromatic heterocycles. The van der Waals surface area contributed by atoms with Gasteiger partial charge >= 0.3 is 6.03 Å². The van der Waals surface area contributed by atoms with Crippen molar-refractivity contribution in [1.82, 2.24) is 19.7 Å². The fourth-order valence-corrected chi connectivity index (χ4v) is 2.57. The Morgan fingerprint density at radius 1 is 1.63 bits per heavy atom. The normalized spacial score (nSPS) is 21.8. The van der Waals surface area contributed by atoms with E-state index in [-0.39, 0.29) is 12.1 Å². The summed E-state index contributed by atoms with van der Waals surface area (Å²) in [6.07, 6.45) is 5.47. The van der Waals surface area contributed by atoms with E-state index in [0.717, 1.165) is 11.3 Å². The lowest BCUT2D eigenvalue weighted by Crippen LogP contribution is -2.34. The molecule has 2 bridgehead atoms. The number of rotatable bonds is 4.